The molecule has 25 heavy (non-hydrogen) atoms. The molecule has 8 heteroatoms. The van der Waals surface area contributed by atoms with Gasteiger partial charge < -0.3 is 18.5 Å². The van der Waals surface area contributed by atoms with Gasteiger partial charge in [0.25, 0.3) is 0 Å². The second-order valence-corrected chi connectivity index (χ2v) is 6.08. The number of ether oxygens (including phenoxy) is 2. The maximum absolute atomic E-state index is 11.4. The van der Waals surface area contributed by atoms with Crippen molar-refractivity contribution in [3.05, 3.63) is 47.9 Å². The van der Waals surface area contributed by atoms with Crippen LogP contribution in [0.4, 0.5) is 0 Å². The summed E-state index contributed by atoms with van der Waals surface area (Å²) in [5.41, 5.74) is 0.952. The Morgan fingerprint density at radius 2 is 1.92 bits per heavy atom. The lowest BCUT2D eigenvalue weighted by Crippen LogP contribution is -1.98. The van der Waals surface area contributed by atoms with Crippen LogP contribution in [0.25, 0.3) is 11.4 Å². The Morgan fingerprint density at radius 3 is 2.60 bits per heavy atom. The van der Waals surface area contributed by atoms with E-state index in [2.05, 4.69) is 14.9 Å². The summed E-state index contributed by atoms with van der Waals surface area (Å²) in [5.74, 6) is 2.46. The van der Waals surface area contributed by atoms with E-state index >= 15 is 0 Å². The first-order valence-electron chi connectivity index (χ1n) is 7.46. The highest BCUT2D eigenvalue weighted by atomic mass is 32.2. The fourth-order valence-electron chi connectivity index (χ4n) is 2.23. The topological polar surface area (TPSA) is 79.4 Å². The average molecular weight is 359 g/mol. The first-order valence-corrected chi connectivity index (χ1v) is 8.44. The number of nitrogens with zero attached hydrogens (tertiary/aromatic N) is 3. The molecule has 0 saturated carbocycles. The number of furan rings is 1. The zero-order valence-corrected chi connectivity index (χ0v) is 14.9. The Labute approximate surface area is 149 Å². The van der Waals surface area contributed by atoms with Gasteiger partial charge in [0.15, 0.2) is 11.0 Å². The number of carbonyl (C=O) groups excluding carboxylic acids is 1. The van der Waals surface area contributed by atoms with Crippen molar-refractivity contribution >= 4 is 17.7 Å². The van der Waals surface area contributed by atoms with Crippen LogP contribution in [0.15, 0.2) is 46.0 Å². The standard InChI is InChI=1S/C17H17N3O4S/c1-20-15(11-4-6-12(22-2)7-5-11)18-19-17(20)25-10-13-8-9-14(24-13)16(21)23-3/h4-9H,10H2,1-3H3. The fraction of sp³-hybridized carbons (Fsp3) is 0.235. The van der Waals surface area contributed by atoms with Gasteiger partial charge in [-0.1, -0.05) is 11.8 Å². The summed E-state index contributed by atoms with van der Waals surface area (Å²) in [7, 11) is 4.86. The van der Waals surface area contributed by atoms with Crippen molar-refractivity contribution in [2.75, 3.05) is 14.2 Å². The molecule has 0 radical (unpaired) electrons. The number of methoxy groups -OCH3 is 2. The van der Waals surface area contributed by atoms with E-state index in [9.17, 15) is 4.79 Å². The van der Waals surface area contributed by atoms with Gasteiger partial charge in [-0.2, -0.15) is 0 Å². The molecular weight excluding hydrogens is 342 g/mol. The number of thioether (sulfide) groups is 1. The van der Waals surface area contributed by atoms with E-state index in [1.54, 1.807) is 19.2 Å². The molecule has 2 aromatic heterocycles. The van der Waals surface area contributed by atoms with Gasteiger partial charge in [0.1, 0.15) is 11.5 Å². The van der Waals surface area contributed by atoms with E-state index in [1.807, 2.05) is 35.9 Å². The maximum atomic E-state index is 11.4. The Balaban J connectivity index is 1.70. The third kappa shape index (κ3) is 3.69. The minimum absolute atomic E-state index is 0.190. The third-order valence-electron chi connectivity index (χ3n) is 3.57. The largest absolute Gasteiger partial charge is 0.497 e. The summed E-state index contributed by atoms with van der Waals surface area (Å²) >= 11 is 1.47. The average Bonchev–Trinajstić information content (AvgIpc) is 3.26. The van der Waals surface area contributed by atoms with E-state index in [4.69, 9.17) is 9.15 Å². The smallest absolute Gasteiger partial charge is 0.373 e. The van der Waals surface area contributed by atoms with Crippen LogP contribution in [0.1, 0.15) is 16.3 Å². The molecular formula is C17H17N3O4S. The van der Waals surface area contributed by atoms with E-state index in [0.29, 0.717) is 11.5 Å². The molecule has 0 aliphatic rings. The van der Waals surface area contributed by atoms with Crippen molar-refractivity contribution in [2.45, 2.75) is 10.9 Å². The number of benzene rings is 1. The predicted molar refractivity (Wildman–Crippen MR) is 92.6 cm³/mol. The molecule has 1 aromatic carbocycles. The monoisotopic (exact) mass is 359 g/mol. The van der Waals surface area contributed by atoms with Crippen molar-refractivity contribution in [1.29, 1.82) is 0 Å². The van der Waals surface area contributed by atoms with Crippen LogP contribution in [0, 0.1) is 0 Å². The third-order valence-corrected chi connectivity index (χ3v) is 4.62. The minimum Gasteiger partial charge on any atom is -0.497 e. The minimum atomic E-state index is -0.489. The highest BCUT2D eigenvalue weighted by Crippen LogP contribution is 2.27. The van der Waals surface area contributed by atoms with Crippen LogP contribution in [-0.4, -0.2) is 35.0 Å². The van der Waals surface area contributed by atoms with Crippen molar-refractivity contribution in [3.63, 3.8) is 0 Å². The fourth-order valence-corrected chi connectivity index (χ4v) is 3.04. The van der Waals surface area contributed by atoms with Gasteiger partial charge >= 0.3 is 5.97 Å². The van der Waals surface area contributed by atoms with Gasteiger partial charge in [-0.3, -0.25) is 0 Å². The number of rotatable bonds is 6. The molecule has 0 unspecified atom stereocenters. The second kappa shape index (κ2) is 7.43. The first-order chi connectivity index (χ1) is 12.1. The Hall–Kier alpha value is -2.74. The van der Waals surface area contributed by atoms with Gasteiger partial charge in [-0.05, 0) is 36.4 Å². The molecule has 3 aromatic rings. The Bertz CT molecular complexity index is 870. The molecule has 0 amide bonds. The van der Waals surface area contributed by atoms with E-state index in [0.717, 1.165) is 22.3 Å². The lowest BCUT2D eigenvalue weighted by atomic mass is 10.2. The van der Waals surface area contributed by atoms with Crippen molar-refractivity contribution < 1.29 is 18.7 Å². The van der Waals surface area contributed by atoms with Crippen LogP contribution in [0.5, 0.6) is 5.75 Å². The van der Waals surface area contributed by atoms with Crippen LogP contribution < -0.4 is 4.74 Å². The van der Waals surface area contributed by atoms with Gasteiger partial charge in [-0.15, -0.1) is 10.2 Å². The second-order valence-electron chi connectivity index (χ2n) is 5.14. The number of aromatic nitrogens is 3. The zero-order chi connectivity index (χ0) is 17.8. The van der Waals surface area contributed by atoms with Crippen molar-refractivity contribution in [1.82, 2.24) is 14.8 Å². The number of esters is 1. The van der Waals surface area contributed by atoms with Crippen LogP contribution in [0.3, 0.4) is 0 Å². The molecule has 0 atom stereocenters. The summed E-state index contributed by atoms with van der Waals surface area (Å²) < 4.78 is 17.2. The quantitative estimate of drug-likeness (QED) is 0.494. The summed E-state index contributed by atoms with van der Waals surface area (Å²) in [6.07, 6.45) is 0. The molecule has 0 saturated heterocycles. The molecule has 130 valence electrons. The molecule has 3 rings (SSSR count). The molecule has 0 bridgehead atoms. The first kappa shape index (κ1) is 17.1. The van der Waals surface area contributed by atoms with E-state index in [1.165, 1.54) is 18.9 Å². The lowest BCUT2D eigenvalue weighted by molar-refractivity contribution is 0.0563. The highest BCUT2D eigenvalue weighted by molar-refractivity contribution is 7.98. The Morgan fingerprint density at radius 1 is 1.16 bits per heavy atom. The predicted octanol–water partition coefficient (Wildman–Crippen LogP) is 3.16. The summed E-state index contributed by atoms with van der Waals surface area (Å²) in [6, 6.07) is 11.0. The summed E-state index contributed by atoms with van der Waals surface area (Å²) in [4.78, 5) is 11.4. The normalized spacial score (nSPS) is 10.7. The maximum Gasteiger partial charge on any atom is 0.373 e. The van der Waals surface area contributed by atoms with E-state index in [-0.39, 0.29) is 5.76 Å². The van der Waals surface area contributed by atoms with Gasteiger partial charge in [-0.25, -0.2) is 4.79 Å². The molecule has 0 aliphatic heterocycles. The van der Waals surface area contributed by atoms with Crippen LogP contribution in [0.2, 0.25) is 0 Å². The molecule has 0 N–H and O–H groups in total. The molecule has 0 spiro atoms. The van der Waals surface area contributed by atoms with Gasteiger partial charge in [0.2, 0.25) is 5.76 Å². The summed E-state index contributed by atoms with van der Waals surface area (Å²) in [5, 5.41) is 9.22. The van der Waals surface area contributed by atoms with Crippen LogP contribution >= 0.6 is 11.8 Å². The summed E-state index contributed by atoms with van der Waals surface area (Å²) in [6.45, 7) is 0. The Kier molecular flexibility index (Phi) is 5.08. The molecule has 0 aliphatic carbocycles. The van der Waals surface area contributed by atoms with E-state index < -0.39 is 5.97 Å². The molecule has 2 heterocycles. The SMILES string of the molecule is COC(=O)c1ccc(CSc2nnc(-c3ccc(OC)cc3)n2C)o1. The van der Waals surface area contributed by atoms with Gasteiger partial charge in [0.05, 0.1) is 20.0 Å². The number of hydrogen-bond acceptors (Lipinski definition) is 7. The van der Waals surface area contributed by atoms with Gasteiger partial charge in [0, 0.05) is 12.6 Å². The van der Waals surface area contributed by atoms with Crippen molar-refractivity contribution in [2.24, 2.45) is 7.05 Å². The highest BCUT2D eigenvalue weighted by Gasteiger charge is 2.14. The number of hydrogen-bond donors (Lipinski definition) is 0. The molecule has 0 fully saturated rings. The zero-order valence-electron chi connectivity index (χ0n) is 14.1. The molecule has 7 nitrogen and oxygen atoms in total. The number of carbonyl (C=O) groups is 1. The van der Waals surface area contributed by atoms with Crippen molar-refractivity contribution in [3.8, 4) is 17.1 Å². The van der Waals surface area contributed by atoms with Crippen LogP contribution in [-0.2, 0) is 17.5 Å². The lowest BCUT2D eigenvalue weighted by Gasteiger charge is -2.04.